The van der Waals surface area contributed by atoms with Crippen molar-refractivity contribution in [3.8, 4) is 0 Å². The summed E-state index contributed by atoms with van der Waals surface area (Å²) < 4.78 is 4.93. The van der Waals surface area contributed by atoms with Gasteiger partial charge in [-0.3, -0.25) is 19.2 Å². The molecule has 0 saturated carbocycles. The van der Waals surface area contributed by atoms with Gasteiger partial charge in [-0.25, -0.2) is 0 Å². The Morgan fingerprint density at radius 3 is 1.77 bits per heavy atom. The Kier molecular flexibility index (Phi) is 5.74. The molecule has 1 heterocycles. The molecule has 1 aliphatic rings. The lowest BCUT2D eigenvalue weighted by Gasteiger charge is -2.56. The van der Waals surface area contributed by atoms with Crippen molar-refractivity contribution in [2.45, 2.75) is 62.9 Å². The summed E-state index contributed by atoms with van der Waals surface area (Å²) in [6, 6.07) is -2.49. The van der Waals surface area contributed by atoms with Gasteiger partial charge in [-0.05, 0) is 26.3 Å². The first-order valence-corrected chi connectivity index (χ1v) is 7.33. The Hall–Kier alpha value is -2.21. The van der Waals surface area contributed by atoms with Gasteiger partial charge in [-0.1, -0.05) is 5.11 Å². The van der Waals surface area contributed by atoms with Gasteiger partial charge in [0.25, 0.3) is 0 Å². The topological polar surface area (TPSA) is 207 Å². The minimum absolute atomic E-state index is 0.691. The molecule has 0 amide bonds. The molecule has 6 atom stereocenters. The molecule has 4 N–H and O–H groups in total. The SMILES string of the molecule is CC(=O)C(O)[C@H]1O[C@@](O)(C(C)=O)[C@H](N=[N+]=[N-])[C@](O)(C(C)=O)[C@@]1(O)C(C)=O. The van der Waals surface area contributed by atoms with Crippen LogP contribution in [0.15, 0.2) is 5.11 Å². The zero-order valence-corrected chi connectivity index (χ0v) is 14.4. The lowest BCUT2D eigenvalue weighted by atomic mass is 9.63. The standard InChI is InChI=1S/C14H19N3O9/c1-5(18)9(22)10-12(23,6(2)19)13(24,7(3)20)11(16-17-15)14(25,26-10)8(4)21/h9-11,22-25H,1-4H3/t9?,10-,11-,12-,13-,14+/m1/s1. The first-order chi connectivity index (χ1) is 11.7. The number of ketones is 4. The van der Waals surface area contributed by atoms with Gasteiger partial charge >= 0.3 is 0 Å². The zero-order valence-electron chi connectivity index (χ0n) is 14.4. The van der Waals surface area contributed by atoms with Crippen molar-refractivity contribution < 1.29 is 44.3 Å². The Morgan fingerprint density at radius 2 is 1.46 bits per heavy atom. The number of aliphatic hydroxyl groups is 4. The van der Waals surface area contributed by atoms with Crippen LogP contribution in [0, 0.1) is 0 Å². The molecule has 0 bridgehead atoms. The Balaban J connectivity index is 3.98. The quantitative estimate of drug-likeness (QED) is 0.229. The molecule has 1 rings (SSSR count). The van der Waals surface area contributed by atoms with Crippen LogP contribution in [0.4, 0.5) is 0 Å². The predicted octanol–water partition coefficient (Wildman–Crippen LogP) is -2.07. The van der Waals surface area contributed by atoms with Crippen molar-refractivity contribution >= 4 is 23.1 Å². The van der Waals surface area contributed by atoms with Gasteiger partial charge in [-0.2, -0.15) is 0 Å². The molecule has 12 heteroatoms. The minimum Gasteiger partial charge on any atom is -0.382 e. The molecule has 0 radical (unpaired) electrons. The van der Waals surface area contributed by atoms with Crippen LogP contribution in [0.2, 0.25) is 0 Å². The fourth-order valence-corrected chi connectivity index (χ4v) is 2.98. The summed E-state index contributed by atoms with van der Waals surface area (Å²) >= 11 is 0. The summed E-state index contributed by atoms with van der Waals surface area (Å²) in [5.74, 6) is -8.27. The van der Waals surface area contributed by atoms with Gasteiger partial charge in [0.1, 0.15) is 18.2 Å². The van der Waals surface area contributed by atoms with Crippen molar-refractivity contribution in [2.24, 2.45) is 5.11 Å². The average molecular weight is 373 g/mol. The molecular weight excluding hydrogens is 354 g/mol. The van der Waals surface area contributed by atoms with Crippen molar-refractivity contribution in [3.63, 3.8) is 0 Å². The van der Waals surface area contributed by atoms with Crippen LogP contribution < -0.4 is 0 Å². The third-order valence-corrected chi connectivity index (χ3v) is 4.51. The maximum absolute atomic E-state index is 12.2. The molecule has 0 aromatic rings. The molecule has 0 aromatic carbocycles. The van der Waals surface area contributed by atoms with Crippen molar-refractivity contribution in [2.75, 3.05) is 0 Å². The molecule has 0 aromatic heterocycles. The molecule has 0 spiro atoms. The van der Waals surface area contributed by atoms with Gasteiger partial charge in [0, 0.05) is 11.8 Å². The molecular formula is C14H19N3O9. The van der Waals surface area contributed by atoms with Gasteiger partial charge in [0.05, 0.1) is 0 Å². The highest BCUT2D eigenvalue weighted by Crippen LogP contribution is 2.46. The highest BCUT2D eigenvalue weighted by molar-refractivity contribution is 6.01. The Labute approximate surface area is 147 Å². The average Bonchev–Trinajstić information content (AvgIpc) is 2.53. The predicted molar refractivity (Wildman–Crippen MR) is 81.4 cm³/mol. The van der Waals surface area contributed by atoms with Gasteiger partial charge in [0.15, 0.2) is 34.3 Å². The molecule has 0 aliphatic carbocycles. The smallest absolute Gasteiger partial charge is 0.238 e. The number of aliphatic hydroxyl groups excluding tert-OH is 1. The second kappa shape index (κ2) is 6.83. The van der Waals surface area contributed by atoms with Crippen molar-refractivity contribution in [3.05, 3.63) is 10.4 Å². The maximum atomic E-state index is 12.2. The lowest BCUT2D eigenvalue weighted by molar-refractivity contribution is -0.340. The molecule has 144 valence electrons. The van der Waals surface area contributed by atoms with Crippen LogP contribution in [-0.2, 0) is 23.9 Å². The summed E-state index contributed by atoms with van der Waals surface area (Å²) in [5.41, 5.74) is 2.01. The van der Waals surface area contributed by atoms with Crippen LogP contribution in [0.1, 0.15) is 27.7 Å². The summed E-state index contributed by atoms with van der Waals surface area (Å²) in [6.45, 7) is 2.99. The Morgan fingerprint density at radius 1 is 1.00 bits per heavy atom. The van der Waals surface area contributed by atoms with Crippen LogP contribution in [0.5, 0.6) is 0 Å². The highest BCUT2D eigenvalue weighted by Gasteiger charge is 2.76. The van der Waals surface area contributed by atoms with E-state index in [0.717, 1.165) is 13.8 Å². The van der Waals surface area contributed by atoms with Crippen molar-refractivity contribution in [1.29, 1.82) is 0 Å². The molecule has 12 nitrogen and oxygen atoms in total. The maximum Gasteiger partial charge on any atom is 0.238 e. The number of rotatable bonds is 6. The van der Waals surface area contributed by atoms with Crippen LogP contribution in [0.3, 0.4) is 0 Å². The normalized spacial score (nSPS) is 38.0. The van der Waals surface area contributed by atoms with Crippen molar-refractivity contribution in [1.82, 2.24) is 0 Å². The molecule has 1 aliphatic heterocycles. The number of Topliss-reactive ketones (excluding diaryl/α,β-unsaturated/α-hetero) is 4. The molecule has 1 saturated heterocycles. The van der Waals surface area contributed by atoms with E-state index in [1.807, 2.05) is 0 Å². The van der Waals surface area contributed by atoms with E-state index in [-0.39, 0.29) is 0 Å². The largest absolute Gasteiger partial charge is 0.382 e. The number of carbonyl (C=O) groups excluding carboxylic acids is 4. The van der Waals surface area contributed by atoms with E-state index in [1.54, 1.807) is 0 Å². The van der Waals surface area contributed by atoms with Gasteiger partial charge < -0.3 is 25.2 Å². The third kappa shape index (κ3) is 2.72. The van der Waals surface area contributed by atoms with E-state index in [2.05, 4.69) is 10.0 Å². The fourth-order valence-electron chi connectivity index (χ4n) is 2.98. The first kappa shape index (κ1) is 21.8. The molecule has 1 fully saturated rings. The van der Waals surface area contributed by atoms with E-state index in [1.165, 1.54) is 0 Å². The number of hydrogen-bond acceptors (Lipinski definition) is 10. The second-order valence-corrected chi connectivity index (χ2v) is 6.10. The van der Waals surface area contributed by atoms with E-state index >= 15 is 0 Å². The summed E-state index contributed by atoms with van der Waals surface area (Å²) in [7, 11) is 0. The Bertz CT molecular complexity index is 718. The zero-order chi connectivity index (χ0) is 20.7. The summed E-state index contributed by atoms with van der Waals surface area (Å²) in [6.07, 6.45) is -4.72. The summed E-state index contributed by atoms with van der Waals surface area (Å²) in [5, 5.41) is 45.4. The van der Waals surface area contributed by atoms with E-state index in [9.17, 15) is 39.6 Å². The van der Waals surface area contributed by atoms with Gasteiger partial charge in [-0.15, -0.1) is 0 Å². The van der Waals surface area contributed by atoms with Crippen LogP contribution in [0.25, 0.3) is 10.4 Å². The monoisotopic (exact) mass is 373 g/mol. The molecule has 26 heavy (non-hydrogen) atoms. The second-order valence-electron chi connectivity index (χ2n) is 6.10. The lowest BCUT2D eigenvalue weighted by Crippen LogP contribution is -2.84. The van der Waals surface area contributed by atoms with Crippen LogP contribution >= 0.6 is 0 Å². The van der Waals surface area contributed by atoms with Gasteiger partial charge in [0.2, 0.25) is 5.79 Å². The number of nitrogens with zero attached hydrogens (tertiary/aromatic N) is 3. The number of hydrogen-bond donors (Lipinski definition) is 4. The third-order valence-electron chi connectivity index (χ3n) is 4.51. The molecule has 1 unspecified atom stereocenters. The van der Waals surface area contributed by atoms with E-state index < -0.39 is 58.4 Å². The number of ether oxygens (including phenoxy) is 1. The van der Waals surface area contributed by atoms with E-state index in [0.29, 0.717) is 13.8 Å². The number of carbonyl (C=O) groups is 4. The summed E-state index contributed by atoms with van der Waals surface area (Å²) in [4.78, 5) is 50.1. The van der Waals surface area contributed by atoms with Crippen LogP contribution in [-0.4, -0.2) is 78.8 Å². The highest BCUT2D eigenvalue weighted by atomic mass is 16.7. The fraction of sp³-hybridized carbons (Fsp3) is 0.714. The minimum atomic E-state index is -3.38. The van der Waals surface area contributed by atoms with E-state index in [4.69, 9.17) is 10.3 Å². The number of azide groups is 1. The first-order valence-electron chi connectivity index (χ1n) is 7.33.